The van der Waals surface area contributed by atoms with Crippen molar-refractivity contribution in [2.24, 2.45) is 0 Å². The molecule has 1 amide bonds. The molecule has 298 valence electrons. The third-order valence-electron chi connectivity index (χ3n) is 10.6. The van der Waals surface area contributed by atoms with E-state index in [1.165, 1.54) is 180 Å². The maximum atomic E-state index is 12.4. The molecule has 0 saturated heterocycles. The van der Waals surface area contributed by atoms with Crippen LogP contribution in [0.2, 0.25) is 0 Å². The van der Waals surface area contributed by atoms with Gasteiger partial charge in [0.1, 0.15) is 6.10 Å². The number of amides is 1. The molecule has 0 bridgehead atoms. The van der Waals surface area contributed by atoms with E-state index in [0.29, 0.717) is 12.8 Å². The van der Waals surface area contributed by atoms with Gasteiger partial charge in [-0.05, 0) is 38.5 Å². The van der Waals surface area contributed by atoms with Gasteiger partial charge in [0.2, 0.25) is 5.91 Å². The Labute approximate surface area is 312 Å². The average molecular weight is 708 g/mol. The van der Waals surface area contributed by atoms with E-state index in [1.54, 1.807) is 0 Å². The Morgan fingerprint density at radius 1 is 0.480 bits per heavy atom. The lowest BCUT2D eigenvalue weighted by molar-refractivity contribution is -0.124. The summed E-state index contributed by atoms with van der Waals surface area (Å²) in [5.41, 5.74) is 0. The molecule has 0 spiro atoms. The van der Waals surface area contributed by atoms with E-state index < -0.39 is 18.2 Å². The van der Waals surface area contributed by atoms with E-state index in [0.717, 1.165) is 38.5 Å². The molecule has 0 rings (SSSR count). The van der Waals surface area contributed by atoms with Gasteiger partial charge in [0, 0.05) is 6.42 Å². The Hall–Kier alpha value is -0.910. The maximum Gasteiger partial charge on any atom is 0.220 e. The summed E-state index contributed by atoms with van der Waals surface area (Å²) in [6.07, 6.45) is 47.6. The van der Waals surface area contributed by atoms with E-state index in [1.807, 2.05) is 0 Å². The zero-order valence-electron chi connectivity index (χ0n) is 33.8. The van der Waals surface area contributed by atoms with Crippen molar-refractivity contribution >= 4 is 5.91 Å². The van der Waals surface area contributed by atoms with Gasteiger partial charge in [-0.15, -0.1) is 0 Å². The second-order valence-corrected chi connectivity index (χ2v) is 15.6. The molecule has 5 nitrogen and oxygen atoms in total. The highest BCUT2D eigenvalue weighted by Crippen LogP contribution is 2.16. The van der Waals surface area contributed by atoms with Crippen LogP contribution in [-0.2, 0) is 4.79 Å². The van der Waals surface area contributed by atoms with Gasteiger partial charge < -0.3 is 20.6 Å². The molecule has 5 heteroatoms. The molecule has 0 aromatic carbocycles. The first-order valence-electron chi connectivity index (χ1n) is 22.5. The van der Waals surface area contributed by atoms with Gasteiger partial charge in [-0.2, -0.15) is 0 Å². The third-order valence-corrected chi connectivity index (χ3v) is 10.6. The summed E-state index contributed by atoms with van der Waals surface area (Å²) in [4.78, 5) is 12.4. The van der Waals surface area contributed by atoms with Gasteiger partial charge in [-0.1, -0.05) is 212 Å². The number of hydrogen-bond acceptors (Lipinski definition) is 4. The fraction of sp³-hybridized carbons (Fsp3) is 0.933. The van der Waals surface area contributed by atoms with E-state index >= 15 is 0 Å². The van der Waals surface area contributed by atoms with Gasteiger partial charge in [0.05, 0.1) is 18.8 Å². The van der Waals surface area contributed by atoms with Crippen LogP contribution in [0.4, 0.5) is 0 Å². The Balaban J connectivity index is 3.60. The molecule has 0 aromatic heterocycles. The first kappa shape index (κ1) is 49.1. The number of rotatable bonds is 41. The predicted octanol–water partition coefficient (Wildman–Crippen LogP) is 12.8. The first-order valence-corrected chi connectivity index (χ1v) is 22.5. The van der Waals surface area contributed by atoms with Crippen molar-refractivity contribution in [3.05, 3.63) is 12.2 Å². The lowest BCUT2D eigenvalue weighted by Crippen LogP contribution is -2.50. The summed E-state index contributed by atoms with van der Waals surface area (Å²) >= 11 is 0. The van der Waals surface area contributed by atoms with Gasteiger partial charge in [-0.25, -0.2) is 0 Å². The summed E-state index contributed by atoms with van der Waals surface area (Å²) < 4.78 is 0. The Morgan fingerprint density at radius 3 is 1.16 bits per heavy atom. The number of nitrogens with one attached hydrogen (secondary N) is 1. The van der Waals surface area contributed by atoms with Gasteiger partial charge in [-0.3, -0.25) is 4.79 Å². The number of hydrogen-bond donors (Lipinski definition) is 4. The van der Waals surface area contributed by atoms with Gasteiger partial charge in [0.25, 0.3) is 0 Å². The van der Waals surface area contributed by atoms with Crippen molar-refractivity contribution in [1.29, 1.82) is 0 Å². The highest BCUT2D eigenvalue weighted by Gasteiger charge is 2.26. The molecule has 0 aromatic rings. The number of aliphatic hydroxyl groups is 3. The minimum atomic E-state index is -1.15. The van der Waals surface area contributed by atoms with Crippen LogP contribution >= 0.6 is 0 Å². The van der Waals surface area contributed by atoms with Crippen LogP contribution in [-0.4, -0.2) is 46.1 Å². The van der Waals surface area contributed by atoms with Crippen LogP contribution in [0.3, 0.4) is 0 Å². The minimum Gasteiger partial charge on any atom is -0.394 e. The zero-order chi connectivity index (χ0) is 36.6. The quantitative estimate of drug-likeness (QED) is 0.0376. The molecular weight excluding hydrogens is 618 g/mol. The van der Waals surface area contributed by atoms with Crippen molar-refractivity contribution in [3.63, 3.8) is 0 Å². The summed E-state index contributed by atoms with van der Waals surface area (Å²) in [6.45, 7) is 4.18. The number of aliphatic hydroxyl groups excluding tert-OH is 3. The predicted molar refractivity (Wildman–Crippen MR) is 218 cm³/mol. The van der Waals surface area contributed by atoms with Crippen molar-refractivity contribution in [2.45, 2.75) is 263 Å². The van der Waals surface area contributed by atoms with Crippen molar-refractivity contribution in [3.8, 4) is 0 Å². The van der Waals surface area contributed by atoms with E-state index in [4.69, 9.17) is 0 Å². The molecule has 0 fully saturated rings. The van der Waals surface area contributed by atoms with Crippen molar-refractivity contribution in [2.75, 3.05) is 6.61 Å². The second-order valence-electron chi connectivity index (χ2n) is 15.6. The molecule has 3 unspecified atom stereocenters. The van der Waals surface area contributed by atoms with Crippen molar-refractivity contribution in [1.82, 2.24) is 5.32 Å². The standard InChI is InChI=1S/C45H89NO4/c1-3-5-7-9-11-13-15-17-18-19-20-21-22-23-24-25-26-28-29-31-33-35-37-39-43(48)45(50)42(41-47)46-44(49)40-38-36-34-32-30-27-16-14-12-10-8-6-4-2/h31,33,42-43,45,47-48,50H,3-30,32,34-41H2,1-2H3,(H,46,49)/b33-31+. The number of carbonyl (C=O) groups excluding carboxylic acids is 1. The van der Waals surface area contributed by atoms with Crippen LogP contribution in [0.15, 0.2) is 12.2 Å². The summed E-state index contributed by atoms with van der Waals surface area (Å²) in [7, 11) is 0. The van der Waals surface area contributed by atoms with Crippen LogP contribution in [0.1, 0.15) is 245 Å². The number of allylic oxidation sites excluding steroid dienone is 2. The normalized spacial score (nSPS) is 13.6. The van der Waals surface area contributed by atoms with Crippen LogP contribution in [0.25, 0.3) is 0 Å². The largest absolute Gasteiger partial charge is 0.394 e. The summed E-state index contributed by atoms with van der Waals surface area (Å²) in [5.74, 6) is -0.152. The Kier molecular flexibility index (Phi) is 40.1. The second kappa shape index (κ2) is 40.9. The fourth-order valence-electron chi connectivity index (χ4n) is 7.10. The molecule has 0 aliphatic heterocycles. The highest BCUT2D eigenvalue weighted by atomic mass is 16.3. The monoisotopic (exact) mass is 708 g/mol. The van der Waals surface area contributed by atoms with Crippen LogP contribution < -0.4 is 5.32 Å². The maximum absolute atomic E-state index is 12.4. The molecule has 0 aliphatic rings. The van der Waals surface area contributed by atoms with Gasteiger partial charge >= 0.3 is 0 Å². The molecule has 0 heterocycles. The van der Waals surface area contributed by atoms with E-state index in [2.05, 4.69) is 31.3 Å². The smallest absolute Gasteiger partial charge is 0.220 e. The average Bonchev–Trinajstić information content (AvgIpc) is 3.12. The third kappa shape index (κ3) is 35.5. The van der Waals surface area contributed by atoms with Gasteiger partial charge in [0.15, 0.2) is 0 Å². The molecule has 0 aliphatic carbocycles. The molecule has 0 radical (unpaired) electrons. The van der Waals surface area contributed by atoms with Crippen LogP contribution in [0, 0.1) is 0 Å². The Bertz CT molecular complexity index is 699. The molecular formula is C45H89NO4. The summed E-state index contributed by atoms with van der Waals surface area (Å²) in [6, 6.07) is -0.820. The molecule has 4 N–H and O–H groups in total. The van der Waals surface area contributed by atoms with E-state index in [9.17, 15) is 20.1 Å². The fourth-order valence-corrected chi connectivity index (χ4v) is 7.10. The highest BCUT2D eigenvalue weighted by molar-refractivity contribution is 5.76. The molecule has 50 heavy (non-hydrogen) atoms. The van der Waals surface area contributed by atoms with Crippen molar-refractivity contribution < 1.29 is 20.1 Å². The summed E-state index contributed by atoms with van der Waals surface area (Å²) in [5, 5.41) is 33.5. The SMILES string of the molecule is CCCCCCCCCCCCCCCCCCCC/C=C/CCCC(O)C(O)C(CO)NC(=O)CCCCCCCCCCCCCCC. The lowest BCUT2D eigenvalue weighted by Gasteiger charge is -2.26. The minimum absolute atomic E-state index is 0.152. The van der Waals surface area contributed by atoms with E-state index in [-0.39, 0.29) is 12.5 Å². The lowest BCUT2D eigenvalue weighted by atomic mass is 10.0. The Morgan fingerprint density at radius 2 is 0.800 bits per heavy atom. The number of carbonyl (C=O) groups is 1. The molecule has 3 atom stereocenters. The topological polar surface area (TPSA) is 89.8 Å². The molecule has 0 saturated carbocycles. The first-order chi connectivity index (χ1) is 24.6. The zero-order valence-corrected chi connectivity index (χ0v) is 33.8. The van der Waals surface area contributed by atoms with Crippen LogP contribution in [0.5, 0.6) is 0 Å². The number of unbranched alkanes of at least 4 members (excludes halogenated alkanes) is 31.